The average Bonchev–Trinajstić information content (AvgIpc) is 3.43. The second-order valence-corrected chi connectivity index (χ2v) is 8.94. The molecule has 4 heterocycles. The van der Waals surface area contributed by atoms with Gasteiger partial charge in [0.25, 0.3) is 5.91 Å². The quantitative estimate of drug-likeness (QED) is 0.654. The number of anilines is 1. The van der Waals surface area contributed by atoms with Gasteiger partial charge in [0.1, 0.15) is 22.9 Å². The molecular weight excluding hydrogens is 423 g/mol. The standard InChI is InChI=1S/C24H29FN6O2/c1-15-13-31-21(27-23(15)29-11-9-16(26)14-29)12-18(28-31)19-7-3-4-10-30(19)24(32)22-17(25)6-5-8-20(22)33-2/h5-6,8,12-13,16,19H,3-4,7,9-11,14,26H2,1-2H3. The van der Waals surface area contributed by atoms with Gasteiger partial charge in [0.05, 0.1) is 18.8 Å². The third kappa shape index (κ3) is 3.90. The lowest BCUT2D eigenvalue weighted by Crippen LogP contribution is -2.39. The molecule has 0 aliphatic carbocycles. The second-order valence-electron chi connectivity index (χ2n) is 8.94. The Morgan fingerprint density at radius 3 is 2.85 bits per heavy atom. The SMILES string of the molecule is COc1cccc(F)c1C(=O)N1CCCCC1c1cc2nc(N3CCC(N)C3)c(C)cn2n1. The summed E-state index contributed by atoms with van der Waals surface area (Å²) in [4.78, 5) is 22.3. The minimum atomic E-state index is -0.579. The van der Waals surface area contributed by atoms with E-state index < -0.39 is 5.82 Å². The summed E-state index contributed by atoms with van der Waals surface area (Å²) >= 11 is 0. The van der Waals surface area contributed by atoms with E-state index in [1.807, 2.05) is 19.2 Å². The van der Waals surface area contributed by atoms with Gasteiger partial charge in [-0.2, -0.15) is 5.10 Å². The van der Waals surface area contributed by atoms with Crippen LogP contribution in [0.1, 0.15) is 53.3 Å². The molecular formula is C24H29FN6O2. The molecule has 0 radical (unpaired) electrons. The van der Waals surface area contributed by atoms with Crippen LogP contribution in [0.2, 0.25) is 0 Å². The minimum absolute atomic E-state index is 0.0303. The lowest BCUT2D eigenvalue weighted by atomic mass is 9.98. The van der Waals surface area contributed by atoms with Crippen molar-refractivity contribution >= 4 is 17.4 Å². The Bertz CT molecular complexity index is 1200. The minimum Gasteiger partial charge on any atom is -0.496 e. The molecule has 5 rings (SSSR count). The summed E-state index contributed by atoms with van der Waals surface area (Å²) in [5.74, 6) is 0.215. The number of fused-ring (bicyclic) bond motifs is 1. The zero-order valence-electron chi connectivity index (χ0n) is 19.0. The van der Waals surface area contributed by atoms with Crippen LogP contribution in [-0.4, -0.2) is 58.2 Å². The number of piperidine rings is 1. The molecule has 8 nitrogen and oxygen atoms in total. The van der Waals surface area contributed by atoms with Gasteiger partial charge in [-0.15, -0.1) is 0 Å². The van der Waals surface area contributed by atoms with E-state index >= 15 is 0 Å². The molecule has 2 aromatic heterocycles. The van der Waals surface area contributed by atoms with Gasteiger partial charge in [0, 0.05) is 43.5 Å². The van der Waals surface area contributed by atoms with E-state index in [0.29, 0.717) is 6.54 Å². The third-order valence-electron chi connectivity index (χ3n) is 6.66. The second kappa shape index (κ2) is 8.62. The van der Waals surface area contributed by atoms with Crippen molar-refractivity contribution in [3.05, 3.63) is 53.1 Å². The maximum Gasteiger partial charge on any atom is 0.261 e. The number of aromatic nitrogens is 3. The molecule has 2 atom stereocenters. The number of aryl methyl sites for hydroxylation is 1. The monoisotopic (exact) mass is 452 g/mol. The van der Waals surface area contributed by atoms with E-state index in [0.717, 1.165) is 61.5 Å². The Kier molecular flexibility index (Phi) is 5.65. The van der Waals surface area contributed by atoms with E-state index in [1.54, 1.807) is 21.5 Å². The molecule has 0 spiro atoms. The van der Waals surface area contributed by atoms with Crippen molar-refractivity contribution in [3.63, 3.8) is 0 Å². The number of amides is 1. The molecule has 0 bridgehead atoms. The third-order valence-corrected chi connectivity index (χ3v) is 6.66. The lowest BCUT2D eigenvalue weighted by Gasteiger charge is -2.35. The number of halogens is 1. The predicted octanol–water partition coefficient (Wildman–Crippen LogP) is 3.09. The summed E-state index contributed by atoms with van der Waals surface area (Å²) in [6.45, 7) is 4.24. The number of benzene rings is 1. The fourth-order valence-corrected chi connectivity index (χ4v) is 4.99. The number of rotatable bonds is 4. The highest BCUT2D eigenvalue weighted by molar-refractivity contribution is 5.97. The Hall–Kier alpha value is -3.20. The number of hydrogen-bond acceptors (Lipinski definition) is 6. The number of ether oxygens (including phenoxy) is 1. The van der Waals surface area contributed by atoms with Gasteiger partial charge in [-0.1, -0.05) is 6.07 Å². The normalized spacial score (nSPS) is 21.1. The lowest BCUT2D eigenvalue weighted by molar-refractivity contribution is 0.0597. The van der Waals surface area contributed by atoms with Crippen molar-refractivity contribution in [1.29, 1.82) is 0 Å². The highest BCUT2D eigenvalue weighted by Gasteiger charge is 2.33. The number of hydrogen-bond donors (Lipinski definition) is 1. The molecule has 2 N–H and O–H groups in total. The van der Waals surface area contributed by atoms with Gasteiger partial charge in [0.2, 0.25) is 0 Å². The van der Waals surface area contributed by atoms with E-state index in [1.165, 1.54) is 13.2 Å². The van der Waals surface area contributed by atoms with Crippen LogP contribution in [-0.2, 0) is 0 Å². The topological polar surface area (TPSA) is 89.0 Å². The number of methoxy groups -OCH3 is 1. The average molecular weight is 453 g/mol. The Morgan fingerprint density at radius 1 is 1.24 bits per heavy atom. The van der Waals surface area contributed by atoms with Crippen molar-refractivity contribution in [2.75, 3.05) is 31.6 Å². The van der Waals surface area contributed by atoms with Gasteiger partial charge in [-0.25, -0.2) is 13.9 Å². The number of nitrogens with zero attached hydrogens (tertiary/aromatic N) is 5. The van der Waals surface area contributed by atoms with Gasteiger partial charge >= 0.3 is 0 Å². The van der Waals surface area contributed by atoms with Gasteiger partial charge < -0.3 is 20.3 Å². The van der Waals surface area contributed by atoms with Crippen LogP contribution in [0.5, 0.6) is 5.75 Å². The zero-order valence-corrected chi connectivity index (χ0v) is 19.0. The van der Waals surface area contributed by atoms with Crippen LogP contribution in [0, 0.1) is 12.7 Å². The highest BCUT2D eigenvalue weighted by atomic mass is 19.1. The van der Waals surface area contributed by atoms with Crippen LogP contribution in [0.4, 0.5) is 10.2 Å². The predicted molar refractivity (Wildman–Crippen MR) is 123 cm³/mol. The molecule has 1 aromatic carbocycles. The Morgan fingerprint density at radius 2 is 2.09 bits per heavy atom. The molecule has 2 aliphatic rings. The summed E-state index contributed by atoms with van der Waals surface area (Å²) in [6.07, 6.45) is 5.53. The number of nitrogens with two attached hydrogens (primary N) is 1. The van der Waals surface area contributed by atoms with E-state index in [9.17, 15) is 9.18 Å². The first-order chi connectivity index (χ1) is 16.0. The fourth-order valence-electron chi connectivity index (χ4n) is 4.99. The number of likely N-dealkylation sites (tertiary alicyclic amines) is 1. The van der Waals surface area contributed by atoms with Crippen LogP contribution < -0.4 is 15.4 Å². The first-order valence-corrected chi connectivity index (χ1v) is 11.5. The Labute approximate surface area is 192 Å². The molecule has 3 aromatic rings. The molecule has 2 aliphatic heterocycles. The van der Waals surface area contributed by atoms with Gasteiger partial charge in [-0.3, -0.25) is 4.79 Å². The van der Waals surface area contributed by atoms with Crippen LogP contribution in [0.25, 0.3) is 5.65 Å². The maximum absolute atomic E-state index is 14.6. The van der Waals surface area contributed by atoms with E-state index in [2.05, 4.69) is 4.90 Å². The highest BCUT2D eigenvalue weighted by Crippen LogP contribution is 2.34. The maximum atomic E-state index is 14.6. The van der Waals surface area contributed by atoms with Crippen molar-refractivity contribution in [3.8, 4) is 5.75 Å². The molecule has 0 saturated carbocycles. The van der Waals surface area contributed by atoms with Crippen LogP contribution in [0.3, 0.4) is 0 Å². The van der Waals surface area contributed by atoms with Crippen molar-refractivity contribution in [1.82, 2.24) is 19.5 Å². The number of carbonyl (C=O) groups excluding carboxylic acids is 1. The van der Waals surface area contributed by atoms with E-state index in [-0.39, 0.29) is 29.3 Å². The summed E-state index contributed by atoms with van der Waals surface area (Å²) in [5.41, 5.74) is 8.58. The van der Waals surface area contributed by atoms with Crippen LogP contribution in [0.15, 0.2) is 30.5 Å². The molecule has 33 heavy (non-hydrogen) atoms. The largest absolute Gasteiger partial charge is 0.496 e. The summed E-state index contributed by atoms with van der Waals surface area (Å²) in [5, 5.41) is 4.76. The molecule has 2 unspecified atom stereocenters. The number of carbonyl (C=O) groups is 1. The van der Waals surface area contributed by atoms with Crippen molar-refractivity contribution < 1.29 is 13.9 Å². The molecule has 2 fully saturated rings. The summed E-state index contributed by atoms with van der Waals surface area (Å²) in [6, 6.07) is 6.30. The summed E-state index contributed by atoms with van der Waals surface area (Å²) in [7, 11) is 1.44. The molecule has 9 heteroatoms. The first-order valence-electron chi connectivity index (χ1n) is 11.5. The van der Waals surface area contributed by atoms with Crippen molar-refractivity contribution in [2.45, 2.75) is 44.7 Å². The van der Waals surface area contributed by atoms with Crippen LogP contribution >= 0.6 is 0 Å². The van der Waals surface area contributed by atoms with E-state index in [4.69, 9.17) is 20.6 Å². The smallest absolute Gasteiger partial charge is 0.261 e. The molecule has 174 valence electrons. The zero-order chi connectivity index (χ0) is 23.1. The first kappa shape index (κ1) is 21.6. The van der Waals surface area contributed by atoms with Crippen molar-refractivity contribution in [2.24, 2.45) is 5.73 Å². The fraction of sp³-hybridized carbons (Fsp3) is 0.458. The molecule has 1 amide bonds. The Balaban J connectivity index is 1.49. The van der Waals surface area contributed by atoms with Gasteiger partial charge in [-0.05, 0) is 44.7 Å². The summed E-state index contributed by atoms with van der Waals surface area (Å²) < 4.78 is 21.7. The van der Waals surface area contributed by atoms with Gasteiger partial charge in [0.15, 0.2) is 5.65 Å². The molecule has 2 saturated heterocycles.